The molecule has 2 rings (SSSR count). The number of carbonyl (C=O) groups is 1. The molecule has 0 unspecified atom stereocenters. The van der Waals surface area contributed by atoms with E-state index >= 15 is 0 Å². The van der Waals surface area contributed by atoms with Crippen molar-refractivity contribution < 1.29 is 14.3 Å². The number of halogens is 2. The topological polar surface area (TPSA) is 35.5 Å². The van der Waals surface area contributed by atoms with Crippen molar-refractivity contribution in [3.63, 3.8) is 0 Å². The normalized spacial score (nSPS) is 10.8. The molecule has 0 aromatic heterocycles. The van der Waals surface area contributed by atoms with Crippen LogP contribution in [-0.2, 0) is 16.1 Å². The Morgan fingerprint density at radius 2 is 2.04 bits per heavy atom. The Balaban J connectivity index is 2.16. The lowest BCUT2D eigenvalue weighted by Crippen LogP contribution is -1.99. The molecule has 0 aliphatic rings. The highest BCUT2D eigenvalue weighted by Gasteiger charge is 2.10. The van der Waals surface area contributed by atoms with Crippen LogP contribution < -0.4 is 4.74 Å². The van der Waals surface area contributed by atoms with Gasteiger partial charge in [0.05, 0.1) is 16.6 Å². The van der Waals surface area contributed by atoms with Gasteiger partial charge < -0.3 is 9.47 Å². The number of hydrogen-bond acceptors (Lipinski definition) is 3. The fourth-order valence-corrected chi connectivity index (χ4v) is 2.96. The van der Waals surface area contributed by atoms with Crippen LogP contribution in [0.25, 0.3) is 6.08 Å². The molecule has 2 aromatic carbocycles. The summed E-state index contributed by atoms with van der Waals surface area (Å²) in [5, 5.41) is 0.470. The molecule has 0 heterocycles. The van der Waals surface area contributed by atoms with Gasteiger partial charge in [0.15, 0.2) is 5.75 Å². The van der Waals surface area contributed by atoms with Gasteiger partial charge in [-0.25, -0.2) is 4.79 Å². The van der Waals surface area contributed by atoms with Crippen LogP contribution in [0.4, 0.5) is 0 Å². The number of aryl methyl sites for hydroxylation is 1. The van der Waals surface area contributed by atoms with E-state index in [1.165, 1.54) is 13.2 Å². The van der Waals surface area contributed by atoms with Gasteiger partial charge in [-0.15, -0.1) is 0 Å². The average Bonchev–Trinajstić information content (AvgIpc) is 2.53. The molecule has 0 aliphatic heterocycles. The maximum atomic E-state index is 11.1. The molecule has 0 N–H and O–H groups in total. The fourth-order valence-electron chi connectivity index (χ4n) is 1.97. The Morgan fingerprint density at radius 1 is 1.30 bits per heavy atom. The van der Waals surface area contributed by atoms with Gasteiger partial charge in [0.25, 0.3) is 0 Å². The lowest BCUT2D eigenvalue weighted by Gasteiger charge is -2.12. The molecule has 0 fully saturated rings. The first kappa shape index (κ1) is 17.6. The highest BCUT2D eigenvalue weighted by Crippen LogP contribution is 2.35. The van der Waals surface area contributed by atoms with Crippen LogP contribution in [0.15, 0.2) is 46.9 Å². The summed E-state index contributed by atoms with van der Waals surface area (Å²) in [7, 11) is 1.33. The van der Waals surface area contributed by atoms with Crippen molar-refractivity contribution in [2.45, 2.75) is 13.5 Å². The summed E-state index contributed by atoms with van der Waals surface area (Å²) in [6.07, 6.45) is 2.97. The third-order valence-corrected chi connectivity index (χ3v) is 4.14. The van der Waals surface area contributed by atoms with Gasteiger partial charge in [-0.05, 0) is 57.8 Å². The second kappa shape index (κ2) is 8.18. The Hall–Kier alpha value is -1.78. The first-order chi connectivity index (χ1) is 11.0. The number of benzene rings is 2. The van der Waals surface area contributed by atoms with Crippen LogP contribution >= 0.6 is 27.5 Å². The smallest absolute Gasteiger partial charge is 0.330 e. The summed E-state index contributed by atoms with van der Waals surface area (Å²) in [6, 6.07) is 11.6. The second-order valence-electron chi connectivity index (χ2n) is 4.89. The van der Waals surface area contributed by atoms with Crippen LogP contribution in [0.1, 0.15) is 16.7 Å². The van der Waals surface area contributed by atoms with E-state index in [4.69, 9.17) is 16.3 Å². The van der Waals surface area contributed by atoms with Crippen LogP contribution in [0.5, 0.6) is 5.75 Å². The van der Waals surface area contributed by atoms with Gasteiger partial charge in [-0.3, -0.25) is 0 Å². The molecule has 0 saturated carbocycles. The van der Waals surface area contributed by atoms with E-state index in [0.717, 1.165) is 21.2 Å². The van der Waals surface area contributed by atoms with Crippen molar-refractivity contribution in [1.82, 2.24) is 0 Å². The highest BCUT2D eigenvalue weighted by molar-refractivity contribution is 9.10. The Kier molecular flexibility index (Phi) is 6.25. The van der Waals surface area contributed by atoms with Gasteiger partial charge in [0, 0.05) is 6.08 Å². The summed E-state index contributed by atoms with van der Waals surface area (Å²) in [4.78, 5) is 11.1. The molecule has 3 nitrogen and oxygen atoms in total. The number of rotatable bonds is 5. The SMILES string of the molecule is COC(=O)/C=C/c1cc(Cl)c(OCc2ccccc2C)c(Br)c1. The van der Waals surface area contributed by atoms with E-state index in [1.807, 2.05) is 37.3 Å². The van der Waals surface area contributed by atoms with E-state index < -0.39 is 5.97 Å². The van der Waals surface area contributed by atoms with E-state index in [0.29, 0.717) is 17.4 Å². The first-order valence-electron chi connectivity index (χ1n) is 6.93. The van der Waals surface area contributed by atoms with Gasteiger partial charge in [0.1, 0.15) is 6.61 Å². The minimum absolute atomic E-state index is 0.419. The van der Waals surface area contributed by atoms with E-state index in [1.54, 1.807) is 12.1 Å². The molecule has 5 heteroatoms. The summed E-state index contributed by atoms with van der Waals surface area (Å²) in [5.74, 6) is 0.155. The molecule has 0 amide bonds. The molecule has 0 saturated heterocycles. The minimum Gasteiger partial charge on any atom is -0.486 e. The lowest BCUT2D eigenvalue weighted by molar-refractivity contribution is -0.134. The fraction of sp³-hybridized carbons (Fsp3) is 0.167. The van der Waals surface area contributed by atoms with Gasteiger partial charge >= 0.3 is 5.97 Å². The minimum atomic E-state index is -0.419. The number of carbonyl (C=O) groups excluding carboxylic acids is 1. The summed E-state index contributed by atoms with van der Waals surface area (Å²) in [5.41, 5.74) is 3.04. The van der Waals surface area contributed by atoms with Gasteiger partial charge in [-0.1, -0.05) is 35.9 Å². The van der Waals surface area contributed by atoms with E-state index in [9.17, 15) is 4.79 Å². The standard InChI is InChI=1S/C18H16BrClO3/c1-12-5-3-4-6-14(12)11-23-18-15(19)9-13(10-16(18)20)7-8-17(21)22-2/h3-10H,11H2,1-2H3/b8-7+. The Morgan fingerprint density at radius 3 is 2.70 bits per heavy atom. The molecule has 0 spiro atoms. The molecule has 2 aromatic rings. The van der Waals surface area contributed by atoms with Crippen molar-refractivity contribution in [3.8, 4) is 5.75 Å². The zero-order chi connectivity index (χ0) is 16.8. The van der Waals surface area contributed by atoms with Crippen molar-refractivity contribution in [1.29, 1.82) is 0 Å². The molecular formula is C18H16BrClO3. The average molecular weight is 396 g/mol. The number of ether oxygens (including phenoxy) is 2. The predicted octanol–water partition coefficient (Wildman–Crippen LogP) is 5.18. The first-order valence-corrected chi connectivity index (χ1v) is 8.10. The second-order valence-corrected chi connectivity index (χ2v) is 6.15. The third kappa shape index (κ3) is 4.85. The van der Waals surface area contributed by atoms with Crippen LogP contribution in [0.2, 0.25) is 5.02 Å². The summed E-state index contributed by atoms with van der Waals surface area (Å²) in [6.45, 7) is 2.47. The highest BCUT2D eigenvalue weighted by atomic mass is 79.9. The van der Waals surface area contributed by atoms with Crippen molar-refractivity contribution in [2.24, 2.45) is 0 Å². The third-order valence-electron chi connectivity index (χ3n) is 3.27. The van der Waals surface area contributed by atoms with Crippen LogP contribution in [0, 0.1) is 6.92 Å². The number of hydrogen-bond donors (Lipinski definition) is 0. The molecule has 0 atom stereocenters. The largest absolute Gasteiger partial charge is 0.486 e. The monoisotopic (exact) mass is 394 g/mol. The number of esters is 1. The molecule has 120 valence electrons. The van der Waals surface area contributed by atoms with Crippen LogP contribution in [-0.4, -0.2) is 13.1 Å². The van der Waals surface area contributed by atoms with Crippen molar-refractivity contribution in [2.75, 3.05) is 7.11 Å². The van der Waals surface area contributed by atoms with Gasteiger partial charge in [-0.2, -0.15) is 0 Å². The maximum Gasteiger partial charge on any atom is 0.330 e. The van der Waals surface area contributed by atoms with Gasteiger partial charge in [0.2, 0.25) is 0 Å². The molecule has 0 radical (unpaired) electrons. The van der Waals surface area contributed by atoms with E-state index in [2.05, 4.69) is 20.7 Å². The molecule has 23 heavy (non-hydrogen) atoms. The summed E-state index contributed by atoms with van der Waals surface area (Å²) >= 11 is 9.74. The lowest BCUT2D eigenvalue weighted by atomic mass is 10.1. The maximum absolute atomic E-state index is 11.1. The molecule has 0 bridgehead atoms. The number of methoxy groups -OCH3 is 1. The predicted molar refractivity (Wildman–Crippen MR) is 95.7 cm³/mol. The Bertz CT molecular complexity index is 718. The van der Waals surface area contributed by atoms with Crippen LogP contribution in [0.3, 0.4) is 0 Å². The zero-order valence-electron chi connectivity index (χ0n) is 12.8. The van der Waals surface area contributed by atoms with E-state index in [-0.39, 0.29) is 0 Å². The van der Waals surface area contributed by atoms with Crippen molar-refractivity contribution in [3.05, 3.63) is 68.7 Å². The zero-order valence-corrected chi connectivity index (χ0v) is 15.1. The quantitative estimate of drug-likeness (QED) is 0.517. The molecule has 0 aliphatic carbocycles. The Labute approximate surface area is 149 Å². The van der Waals surface area contributed by atoms with Crippen molar-refractivity contribution >= 4 is 39.6 Å². The summed E-state index contributed by atoms with van der Waals surface area (Å²) < 4.78 is 11.1. The molecular weight excluding hydrogens is 380 g/mol.